The first kappa shape index (κ1) is 14.1. The summed E-state index contributed by atoms with van der Waals surface area (Å²) >= 11 is 3.53. The van der Waals surface area contributed by atoms with Crippen LogP contribution in [0.2, 0.25) is 0 Å². The van der Waals surface area contributed by atoms with Crippen molar-refractivity contribution in [1.29, 1.82) is 0 Å². The van der Waals surface area contributed by atoms with Crippen LogP contribution in [0.15, 0.2) is 40.9 Å². The predicted octanol–water partition coefficient (Wildman–Crippen LogP) is 5.24. The van der Waals surface area contributed by atoms with E-state index in [1.165, 1.54) is 27.9 Å². The monoisotopic (exact) mass is 317 g/mol. The van der Waals surface area contributed by atoms with E-state index < -0.39 is 0 Å². The molecule has 100 valence electrons. The fraction of sp³-hybridized carbons (Fsp3) is 0.294. The molecule has 2 rings (SSSR count). The largest absolute Gasteiger partial charge is 0.381 e. The Hall–Kier alpha value is -1.28. The Morgan fingerprint density at radius 2 is 1.74 bits per heavy atom. The summed E-state index contributed by atoms with van der Waals surface area (Å²) in [6, 6.07) is 12.9. The zero-order valence-corrected chi connectivity index (χ0v) is 13.3. The lowest BCUT2D eigenvalue weighted by Crippen LogP contribution is -2.05. The summed E-state index contributed by atoms with van der Waals surface area (Å²) in [5.41, 5.74) is 6.67. The first-order valence-corrected chi connectivity index (χ1v) is 7.48. The minimum atomic E-state index is 0.882. The van der Waals surface area contributed by atoms with E-state index in [0.29, 0.717) is 0 Å². The average molecular weight is 318 g/mol. The Kier molecular flexibility index (Phi) is 4.65. The van der Waals surface area contributed by atoms with Crippen molar-refractivity contribution in [3.63, 3.8) is 0 Å². The molecular weight excluding hydrogens is 298 g/mol. The van der Waals surface area contributed by atoms with Crippen molar-refractivity contribution in [2.45, 2.75) is 33.7 Å². The van der Waals surface area contributed by atoms with Gasteiger partial charge in [0.05, 0.1) is 0 Å². The predicted molar refractivity (Wildman–Crippen MR) is 86.8 cm³/mol. The molecule has 1 nitrogen and oxygen atoms in total. The number of aryl methyl sites for hydroxylation is 3. The van der Waals surface area contributed by atoms with Gasteiger partial charge in [-0.05, 0) is 60.7 Å². The van der Waals surface area contributed by atoms with E-state index >= 15 is 0 Å². The lowest BCUT2D eigenvalue weighted by atomic mass is 10.0. The van der Waals surface area contributed by atoms with Gasteiger partial charge in [0.1, 0.15) is 0 Å². The van der Waals surface area contributed by atoms with Gasteiger partial charge in [0, 0.05) is 16.7 Å². The molecule has 19 heavy (non-hydrogen) atoms. The van der Waals surface area contributed by atoms with Gasteiger partial charge in [-0.25, -0.2) is 0 Å². The molecule has 0 saturated carbocycles. The normalized spacial score (nSPS) is 10.5. The summed E-state index contributed by atoms with van der Waals surface area (Å²) in [7, 11) is 0. The number of halogens is 1. The molecule has 0 unspecified atom stereocenters. The van der Waals surface area contributed by atoms with Crippen LogP contribution in [0.4, 0.5) is 5.69 Å². The summed E-state index contributed by atoms with van der Waals surface area (Å²) in [6.45, 7) is 7.41. The molecule has 2 heteroatoms. The number of hydrogen-bond donors (Lipinski definition) is 1. The fourth-order valence-corrected chi connectivity index (χ4v) is 2.75. The Morgan fingerprint density at radius 1 is 1.05 bits per heavy atom. The van der Waals surface area contributed by atoms with E-state index in [-0.39, 0.29) is 0 Å². The Bertz CT molecular complexity index is 555. The molecule has 0 fully saturated rings. The van der Waals surface area contributed by atoms with E-state index in [2.05, 4.69) is 78.4 Å². The topological polar surface area (TPSA) is 12.0 Å². The summed E-state index contributed by atoms with van der Waals surface area (Å²) < 4.78 is 1.14. The quantitative estimate of drug-likeness (QED) is 0.813. The van der Waals surface area contributed by atoms with Gasteiger partial charge in [0.2, 0.25) is 0 Å². The molecule has 0 aliphatic rings. The highest BCUT2D eigenvalue weighted by atomic mass is 79.9. The third-order valence-electron chi connectivity index (χ3n) is 3.55. The highest BCUT2D eigenvalue weighted by Gasteiger charge is 2.04. The first-order chi connectivity index (χ1) is 9.11. The van der Waals surface area contributed by atoms with Gasteiger partial charge in [0.25, 0.3) is 0 Å². The Morgan fingerprint density at radius 3 is 2.37 bits per heavy atom. The summed E-state index contributed by atoms with van der Waals surface area (Å²) in [4.78, 5) is 0. The molecule has 0 amide bonds. The van der Waals surface area contributed by atoms with E-state index in [1.807, 2.05) is 0 Å². The average Bonchev–Trinajstić information content (AvgIpc) is 2.39. The minimum Gasteiger partial charge on any atom is -0.381 e. The molecule has 0 heterocycles. The summed E-state index contributed by atoms with van der Waals surface area (Å²) in [5.74, 6) is 0. The van der Waals surface area contributed by atoms with Crippen LogP contribution in [0.5, 0.6) is 0 Å². The number of hydrogen-bond acceptors (Lipinski definition) is 1. The summed E-state index contributed by atoms with van der Waals surface area (Å²) in [6.07, 6.45) is 1.04. The van der Waals surface area contributed by atoms with Crippen molar-refractivity contribution in [1.82, 2.24) is 0 Å². The number of benzene rings is 2. The smallest absolute Gasteiger partial charge is 0.0406 e. The van der Waals surface area contributed by atoms with Gasteiger partial charge in [-0.15, -0.1) is 0 Å². The summed E-state index contributed by atoms with van der Waals surface area (Å²) in [5, 5.41) is 3.57. The number of rotatable bonds is 4. The number of anilines is 1. The zero-order chi connectivity index (χ0) is 13.8. The van der Waals surface area contributed by atoms with Crippen molar-refractivity contribution in [2.24, 2.45) is 0 Å². The van der Waals surface area contributed by atoms with E-state index in [4.69, 9.17) is 0 Å². The van der Waals surface area contributed by atoms with Gasteiger partial charge in [0.15, 0.2) is 0 Å². The fourth-order valence-electron chi connectivity index (χ4n) is 2.34. The Labute approximate surface area is 124 Å². The third-order valence-corrected chi connectivity index (χ3v) is 4.04. The third kappa shape index (κ3) is 3.38. The maximum atomic E-state index is 3.57. The Balaban J connectivity index is 2.19. The van der Waals surface area contributed by atoms with Crippen LogP contribution < -0.4 is 5.32 Å². The second-order valence-corrected chi connectivity index (χ2v) is 5.79. The van der Waals surface area contributed by atoms with Gasteiger partial charge < -0.3 is 5.32 Å². The first-order valence-electron chi connectivity index (χ1n) is 6.69. The van der Waals surface area contributed by atoms with E-state index in [9.17, 15) is 0 Å². The van der Waals surface area contributed by atoms with Crippen LogP contribution >= 0.6 is 15.9 Å². The van der Waals surface area contributed by atoms with Gasteiger partial charge >= 0.3 is 0 Å². The van der Waals surface area contributed by atoms with Crippen molar-refractivity contribution in [3.8, 4) is 0 Å². The molecule has 2 aromatic carbocycles. The van der Waals surface area contributed by atoms with Gasteiger partial charge in [-0.3, -0.25) is 0 Å². The van der Waals surface area contributed by atoms with Crippen LogP contribution in [-0.2, 0) is 13.0 Å². The molecule has 0 saturated heterocycles. The molecule has 2 aromatic rings. The van der Waals surface area contributed by atoms with Crippen molar-refractivity contribution < 1.29 is 0 Å². The molecule has 0 bridgehead atoms. The molecule has 0 aliphatic carbocycles. The molecule has 0 atom stereocenters. The highest BCUT2D eigenvalue weighted by molar-refractivity contribution is 9.10. The lowest BCUT2D eigenvalue weighted by Gasteiger charge is -2.14. The lowest BCUT2D eigenvalue weighted by molar-refractivity contribution is 1.06. The van der Waals surface area contributed by atoms with Gasteiger partial charge in [-0.2, -0.15) is 0 Å². The van der Waals surface area contributed by atoms with Crippen LogP contribution in [0, 0.1) is 13.8 Å². The van der Waals surface area contributed by atoms with Crippen LogP contribution in [0.3, 0.4) is 0 Å². The molecule has 0 aromatic heterocycles. The molecule has 0 radical (unpaired) electrons. The second kappa shape index (κ2) is 6.25. The SMILES string of the molecule is CCc1cc(Br)ccc1NCc1c(C)cccc1C. The van der Waals surface area contributed by atoms with Gasteiger partial charge in [-0.1, -0.05) is 41.1 Å². The van der Waals surface area contributed by atoms with Crippen LogP contribution in [-0.4, -0.2) is 0 Å². The van der Waals surface area contributed by atoms with Crippen molar-refractivity contribution >= 4 is 21.6 Å². The maximum absolute atomic E-state index is 3.57. The van der Waals surface area contributed by atoms with Crippen molar-refractivity contribution in [2.75, 3.05) is 5.32 Å². The van der Waals surface area contributed by atoms with Crippen molar-refractivity contribution in [3.05, 3.63) is 63.1 Å². The van der Waals surface area contributed by atoms with Crippen LogP contribution in [0.1, 0.15) is 29.2 Å². The van der Waals surface area contributed by atoms with Crippen LogP contribution in [0.25, 0.3) is 0 Å². The second-order valence-electron chi connectivity index (χ2n) is 4.88. The number of nitrogens with one attached hydrogen (secondary N) is 1. The van der Waals surface area contributed by atoms with E-state index in [1.54, 1.807) is 0 Å². The molecule has 0 aliphatic heterocycles. The molecule has 0 spiro atoms. The highest BCUT2D eigenvalue weighted by Crippen LogP contribution is 2.23. The standard InChI is InChI=1S/C17H20BrN/c1-4-14-10-15(18)8-9-17(14)19-11-16-12(2)6-5-7-13(16)3/h5-10,19H,4,11H2,1-3H3. The van der Waals surface area contributed by atoms with E-state index in [0.717, 1.165) is 17.4 Å². The molecular formula is C17H20BrN. The minimum absolute atomic E-state index is 0.882. The zero-order valence-electron chi connectivity index (χ0n) is 11.8. The maximum Gasteiger partial charge on any atom is 0.0406 e. The molecule has 1 N–H and O–H groups in total.